The molecule has 0 saturated carbocycles. The number of hydrogen-bond acceptors (Lipinski definition) is 4. The number of piperazine rings is 1. The fraction of sp³-hybridized carbons (Fsp3) is 0.238. The van der Waals surface area contributed by atoms with Crippen molar-refractivity contribution in [3.8, 4) is 0 Å². The zero-order valence-corrected chi connectivity index (χ0v) is 16.4. The highest BCUT2D eigenvalue weighted by Gasteiger charge is 2.43. The van der Waals surface area contributed by atoms with Crippen LogP contribution in [-0.2, 0) is 9.59 Å². The lowest BCUT2D eigenvalue weighted by Crippen LogP contribution is -2.46. The van der Waals surface area contributed by atoms with Gasteiger partial charge in [-0.3, -0.25) is 9.59 Å². The molecule has 8 heteroatoms. The normalized spacial score (nSPS) is 18.2. The molecule has 2 aromatic carbocycles. The van der Waals surface area contributed by atoms with Crippen molar-refractivity contribution in [1.29, 1.82) is 0 Å². The Morgan fingerprint density at radius 1 is 0.862 bits per heavy atom. The zero-order valence-electron chi connectivity index (χ0n) is 15.7. The van der Waals surface area contributed by atoms with Crippen molar-refractivity contribution in [3.05, 3.63) is 70.4 Å². The van der Waals surface area contributed by atoms with Crippen LogP contribution in [0, 0.1) is 11.6 Å². The van der Waals surface area contributed by atoms with E-state index >= 15 is 0 Å². The van der Waals surface area contributed by atoms with Crippen LogP contribution in [0.3, 0.4) is 0 Å². The van der Waals surface area contributed by atoms with Gasteiger partial charge in [0.1, 0.15) is 5.70 Å². The molecule has 2 aliphatic heterocycles. The van der Waals surface area contributed by atoms with E-state index in [-0.39, 0.29) is 17.0 Å². The summed E-state index contributed by atoms with van der Waals surface area (Å²) in [7, 11) is 1.99. The molecular formula is C21H18ClF2N3O2. The lowest BCUT2D eigenvalue weighted by molar-refractivity contribution is -0.120. The first kappa shape index (κ1) is 19.5. The van der Waals surface area contributed by atoms with Gasteiger partial charge in [-0.1, -0.05) is 23.7 Å². The largest absolute Gasteiger partial charge is 0.364 e. The van der Waals surface area contributed by atoms with Crippen LogP contribution >= 0.6 is 11.6 Å². The average Bonchev–Trinajstić information content (AvgIpc) is 2.96. The third kappa shape index (κ3) is 3.52. The zero-order chi connectivity index (χ0) is 20.7. The summed E-state index contributed by atoms with van der Waals surface area (Å²) in [5.74, 6) is -3.28. The number of nitrogens with zero attached hydrogens (tertiary/aromatic N) is 3. The summed E-state index contributed by atoms with van der Waals surface area (Å²) >= 11 is 5.97. The first-order valence-electron chi connectivity index (χ1n) is 9.14. The summed E-state index contributed by atoms with van der Waals surface area (Å²) in [6, 6.07) is 9.62. The Labute approximate surface area is 171 Å². The van der Waals surface area contributed by atoms with E-state index in [1.54, 1.807) is 24.3 Å². The van der Waals surface area contributed by atoms with E-state index in [0.29, 0.717) is 23.7 Å². The molecule has 0 spiro atoms. The summed E-state index contributed by atoms with van der Waals surface area (Å²) < 4.78 is 27.1. The summed E-state index contributed by atoms with van der Waals surface area (Å²) in [4.78, 5) is 31.5. The second kappa shape index (κ2) is 7.57. The fourth-order valence-electron chi connectivity index (χ4n) is 3.58. The molecule has 0 unspecified atom stereocenters. The average molecular weight is 418 g/mol. The van der Waals surface area contributed by atoms with Crippen molar-refractivity contribution in [2.75, 3.05) is 38.1 Å². The van der Waals surface area contributed by atoms with Crippen LogP contribution in [0.25, 0.3) is 5.57 Å². The predicted octanol–water partition coefficient (Wildman–Crippen LogP) is 3.15. The van der Waals surface area contributed by atoms with Gasteiger partial charge < -0.3 is 9.80 Å². The molecule has 0 aliphatic carbocycles. The fourth-order valence-corrected chi connectivity index (χ4v) is 3.70. The predicted molar refractivity (Wildman–Crippen MR) is 106 cm³/mol. The molecule has 150 valence electrons. The highest BCUT2D eigenvalue weighted by molar-refractivity contribution is 6.45. The molecule has 0 radical (unpaired) electrons. The van der Waals surface area contributed by atoms with Crippen LogP contribution in [0.4, 0.5) is 14.5 Å². The van der Waals surface area contributed by atoms with Gasteiger partial charge in [0.25, 0.3) is 11.8 Å². The van der Waals surface area contributed by atoms with Gasteiger partial charge in [-0.2, -0.15) is 0 Å². The molecule has 0 atom stereocenters. The highest BCUT2D eigenvalue weighted by atomic mass is 35.5. The molecule has 2 heterocycles. The number of halogens is 3. The maximum absolute atomic E-state index is 13.8. The van der Waals surface area contributed by atoms with Crippen molar-refractivity contribution in [2.45, 2.75) is 0 Å². The highest BCUT2D eigenvalue weighted by Crippen LogP contribution is 2.35. The van der Waals surface area contributed by atoms with Gasteiger partial charge in [0, 0.05) is 37.3 Å². The molecule has 2 aliphatic rings. The molecule has 2 amide bonds. The molecule has 0 N–H and O–H groups in total. The number of hydrogen-bond donors (Lipinski definition) is 0. The summed E-state index contributed by atoms with van der Waals surface area (Å²) in [6.07, 6.45) is 0. The molecular weight excluding hydrogens is 400 g/mol. The number of benzene rings is 2. The van der Waals surface area contributed by atoms with Gasteiger partial charge in [-0.05, 0) is 36.9 Å². The number of anilines is 1. The quantitative estimate of drug-likeness (QED) is 0.720. The van der Waals surface area contributed by atoms with Crippen LogP contribution in [-0.4, -0.2) is 54.8 Å². The second-order valence-corrected chi connectivity index (χ2v) is 7.50. The maximum Gasteiger partial charge on any atom is 0.282 e. The van der Waals surface area contributed by atoms with E-state index in [9.17, 15) is 18.4 Å². The number of carbonyl (C=O) groups is 2. The van der Waals surface area contributed by atoms with Crippen molar-refractivity contribution < 1.29 is 18.4 Å². The summed E-state index contributed by atoms with van der Waals surface area (Å²) in [5.41, 5.74) is 1.05. The molecule has 1 saturated heterocycles. The Kier molecular flexibility index (Phi) is 5.10. The first-order chi connectivity index (χ1) is 13.9. The summed E-state index contributed by atoms with van der Waals surface area (Å²) in [5, 5.41) is 0.504. The van der Waals surface area contributed by atoms with Crippen LogP contribution in [0.2, 0.25) is 5.02 Å². The smallest absolute Gasteiger partial charge is 0.282 e. The maximum atomic E-state index is 13.8. The van der Waals surface area contributed by atoms with Gasteiger partial charge in [0.05, 0.1) is 11.3 Å². The van der Waals surface area contributed by atoms with Gasteiger partial charge in [0.2, 0.25) is 0 Å². The number of imide groups is 1. The lowest BCUT2D eigenvalue weighted by Gasteiger charge is -2.34. The Hall–Kier alpha value is -2.77. The topological polar surface area (TPSA) is 43.9 Å². The minimum Gasteiger partial charge on any atom is -0.364 e. The van der Waals surface area contributed by atoms with Crippen LogP contribution in [0.1, 0.15) is 5.56 Å². The third-order valence-electron chi connectivity index (χ3n) is 5.17. The van der Waals surface area contributed by atoms with Crippen molar-refractivity contribution >= 4 is 34.7 Å². The molecule has 4 rings (SSSR count). The molecule has 5 nitrogen and oxygen atoms in total. The minimum atomic E-state index is -1.12. The summed E-state index contributed by atoms with van der Waals surface area (Å²) in [6.45, 7) is 2.63. The van der Waals surface area contributed by atoms with Gasteiger partial charge in [-0.15, -0.1) is 0 Å². The molecule has 0 aromatic heterocycles. The third-order valence-corrected chi connectivity index (χ3v) is 5.43. The molecule has 2 aromatic rings. The van der Waals surface area contributed by atoms with Crippen LogP contribution in [0.5, 0.6) is 0 Å². The minimum absolute atomic E-state index is 0.00510. The number of likely N-dealkylation sites (N-methyl/N-ethyl adjacent to an activating group) is 1. The standard InChI is InChI=1S/C21H18ClF2N3O2/c1-25-8-10-26(11-9-25)19-18(13-2-4-14(22)5-3-13)20(28)27(21(19)29)15-6-7-16(23)17(24)12-15/h2-7,12H,8-11H2,1H3. The van der Waals surface area contributed by atoms with E-state index < -0.39 is 23.4 Å². The molecule has 1 fully saturated rings. The van der Waals surface area contributed by atoms with Crippen LogP contribution in [0.15, 0.2) is 48.2 Å². The Balaban J connectivity index is 1.81. The lowest BCUT2D eigenvalue weighted by atomic mass is 10.0. The van der Waals surface area contributed by atoms with Crippen LogP contribution < -0.4 is 4.90 Å². The van der Waals surface area contributed by atoms with Gasteiger partial charge >= 0.3 is 0 Å². The van der Waals surface area contributed by atoms with E-state index in [1.807, 2.05) is 11.9 Å². The van der Waals surface area contributed by atoms with E-state index in [2.05, 4.69) is 4.90 Å². The van der Waals surface area contributed by atoms with Crippen molar-refractivity contribution in [1.82, 2.24) is 9.80 Å². The number of rotatable bonds is 3. The Morgan fingerprint density at radius 2 is 1.52 bits per heavy atom. The van der Waals surface area contributed by atoms with E-state index in [1.165, 1.54) is 6.07 Å². The van der Waals surface area contributed by atoms with Gasteiger partial charge in [0.15, 0.2) is 11.6 Å². The van der Waals surface area contributed by atoms with Gasteiger partial charge in [-0.25, -0.2) is 13.7 Å². The SMILES string of the molecule is CN1CCN(C2=C(c3ccc(Cl)cc3)C(=O)N(c3ccc(F)c(F)c3)C2=O)CC1. The monoisotopic (exact) mass is 417 g/mol. The molecule has 0 bridgehead atoms. The number of carbonyl (C=O) groups excluding carboxylic acids is 2. The van der Waals surface area contributed by atoms with E-state index in [0.717, 1.165) is 30.1 Å². The van der Waals surface area contributed by atoms with Crippen molar-refractivity contribution in [3.63, 3.8) is 0 Å². The van der Waals surface area contributed by atoms with E-state index in [4.69, 9.17) is 11.6 Å². The molecule has 29 heavy (non-hydrogen) atoms. The first-order valence-corrected chi connectivity index (χ1v) is 9.52. The Bertz CT molecular complexity index is 1020. The van der Waals surface area contributed by atoms with Crippen molar-refractivity contribution in [2.24, 2.45) is 0 Å². The Morgan fingerprint density at radius 3 is 2.14 bits per heavy atom. The number of amides is 2. The second-order valence-electron chi connectivity index (χ2n) is 7.06.